The first kappa shape index (κ1) is 21.8. The Bertz CT molecular complexity index is 1100. The molecule has 3 rings (SSSR count). The van der Waals surface area contributed by atoms with Crippen LogP contribution in [0, 0.1) is 10.1 Å². The van der Waals surface area contributed by atoms with Gasteiger partial charge in [0.2, 0.25) is 0 Å². The normalized spacial score (nSPS) is 14.6. The summed E-state index contributed by atoms with van der Waals surface area (Å²) in [5, 5.41) is 10.5. The van der Waals surface area contributed by atoms with E-state index in [0.717, 1.165) is 12.0 Å². The Morgan fingerprint density at radius 2 is 2.03 bits per heavy atom. The van der Waals surface area contributed by atoms with Gasteiger partial charge in [0.05, 0.1) is 24.0 Å². The van der Waals surface area contributed by atoms with Crippen LogP contribution >= 0.6 is 11.8 Å². The first-order chi connectivity index (χ1) is 14.8. The highest BCUT2D eigenvalue weighted by Crippen LogP contribution is 2.37. The van der Waals surface area contributed by atoms with Gasteiger partial charge in [0.15, 0.2) is 11.5 Å². The van der Waals surface area contributed by atoms with Gasteiger partial charge in [-0.3, -0.25) is 29.4 Å². The van der Waals surface area contributed by atoms with Gasteiger partial charge in [-0.05, 0) is 41.6 Å². The molecule has 1 fully saturated rings. The number of hydrogen-bond donors (Lipinski definition) is 0. The molecule has 0 bridgehead atoms. The van der Waals surface area contributed by atoms with Gasteiger partial charge in [-0.2, -0.15) is 0 Å². The molecule has 0 radical (unpaired) electrons. The van der Waals surface area contributed by atoms with Gasteiger partial charge in [-0.25, -0.2) is 4.98 Å². The zero-order valence-electron chi connectivity index (χ0n) is 16.3. The minimum Gasteiger partial charge on any atom is -0.493 e. The third-order valence-electron chi connectivity index (χ3n) is 4.03. The van der Waals surface area contributed by atoms with E-state index < -0.39 is 28.6 Å². The van der Waals surface area contributed by atoms with Gasteiger partial charge >= 0.3 is 11.7 Å². The number of esters is 1. The largest absolute Gasteiger partial charge is 0.493 e. The number of thioether (sulfide) groups is 1. The number of rotatable bonds is 7. The predicted octanol–water partition coefficient (Wildman–Crippen LogP) is 3.00. The number of imide groups is 1. The van der Waals surface area contributed by atoms with E-state index in [2.05, 4.69) is 9.72 Å². The number of ether oxygens (including phenoxy) is 3. The van der Waals surface area contributed by atoms with Crippen molar-refractivity contribution in [2.75, 3.05) is 20.8 Å². The van der Waals surface area contributed by atoms with Crippen molar-refractivity contribution in [1.29, 1.82) is 0 Å². The van der Waals surface area contributed by atoms with Crippen LogP contribution in [0.4, 0.5) is 10.5 Å². The lowest BCUT2D eigenvalue weighted by Crippen LogP contribution is -2.34. The van der Waals surface area contributed by atoms with Crippen LogP contribution in [-0.4, -0.2) is 52.7 Å². The number of aromatic nitrogens is 1. The summed E-state index contributed by atoms with van der Waals surface area (Å²) in [6.45, 7) is -0.475. The molecule has 1 aliphatic rings. The Kier molecular flexibility index (Phi) is 6.50. The van der Waals surface area contributed by atoms with E-state index in [0.29, 0.717) is 17.3 Å². The molecule has 2 heterocycles. The van der Waals surface area contributed by atoms with E-state index >= 15 is 0 Å². The van der Waals surface area contributed by atoms with Crippen LogP contribution in [0.25, 0.3) is 6.08 Å². The zero-order chi connectivity index (χ0) is 22.5. The molecule has 1 aromatic carbocycles. The smallest absolute Gasteiger partial charge is 0.331 e. The van der Waals surface area contributed by atoms with Crippen molar-refractivity contribution in [2.24, 2.45) is 0 Å². The topological polar surface area (TPSA) is 138 Å². The summed E-state index contributed by atoms with van der Waals surface area (Å²) in [7, 11) is 2.54. The second kappa shape index (κ2) is 9.26. The molecule has 1 aromatic heterocycles. The second-order valence-electron chi connectivity index (χ2n) is 5.94. The second-order valence-corrected chi connectivity index (χ2v) is 6.93. The molecule has 0 aliphatic carbocycles. The van der Waals surface area contributed by atoms with Crippen LogP contribution in [0.1, 0.15) is 5.56 Å². The number of carbonyl (C=O) groups is 3. The number of methoxy groups -OCH3 is 2. The number of carbonyl (C=O) groups excluding carboxylic acids is 3. The highest BCUT2D eigenvalue weighted by Gasteiger charge is 2.36. The molecule has 0 unspecified atom stereocenters. The molecule has 12 heteroatoms. The predicted molar refractivity (Wildman–Crippen MR) is 109 cm³/mol. The average molecular weight is 445 g/mol. The first-order valence-corrected chi connectivity index (χ1v) is 9.43. The molecular formula is C19H15N3O8S. The minimum absolute atomic E-state index is 0.116. The Hall–Kier alpha value is -3.93. The maximum absolute atomic E-state index is 12.4. The fourth-order valence-corrected chi connectivity index (χ4v) is 3.38. The maximum Gasteiger partial charge on any atom is 0.331 e. The SMILES string of the molecule is COC(=O)CN1C(=O)S/C(=C\c2ccc(Oc3ncccc3[N+](=O)[O-])c(OC)c2)C1=O. The average Bonchev–Trinajstić information content (AvgIpc) is 3.02. The standard InChI is InChI=1S/C19H15N3O8S/c1-28-14-8-11(9-15-18(24)21(19(25)31-15)10-16(23)29-2)5-6-13(14)30-17-12(22(26)27)4-3-7-20-17/h3-9H,10H2,1-2H3/b15-9-. The number of nitrogens with zero attached hydrogens (tertiary/aromatic N) is 3. The van der Waals surface area contributed by atoms with Gasteiger partial charge < -0.3 is 14.2 Å². The summed E-state index contributed by atoms with van der Waals surface area (Å²) in [5.41, 5.74) is 0.191. The van der Waals surface area contributed by atoms with Crippen LogP contribution in [0.2, 0.25) is 0 Å². The molecule has 0 spiro atoms. The molecule has 1 aliphatic heterocycles. The Balaban J connectivity index is 1.85. The van der Waals surface area contributed by atoms with Crippen molar-refractivity contribution >= 4 is 40.6 Å². The number of benzene rings is 1. The van der Waals surface area contributed by atoms with E-state index in [1.54, 1.807) is 6.07 Å². The molecular weight excluding hydrogens is 430 g/mol. The van der Waals surface area contributed by atoms with E-state index in [1.165, 1.54) is 43.6 Å². The number of pyridine rings is 1. The molecule has 160 valence electrons. The lowest BCUT2D eigenvalue weighted by atomic mass is 10.2. The lowest BCUT2D eigenvalue weighted by molar-refractivity contribution is -0.386. The van der Waals surface area contributed by atoms with Crippen LogP contribution < -0.4 is 9.47 Å². The van der Waals surface area contributed by atoms with Crippen molar-refractivity contribution < 1.29 is 33.5 Å². The summed E-state index contributed by atoms with van der Waals surface area (Å²) in [6, 6.07) is 7.26. The van der Waals surface area contributed by atoms with Gasteiger partial charge in [0.1, 0.15) is 6.54 Å². The van der Waals surface area contributed by atoms with Crippen LogP contribution in [-0.2, 0) is 14.3 Å². The summed E-state index contributed by atoms with van der Waals surface area (Å²) in [6.07, 6.45) is 2.81. The van der Waals surface area contributed by atoms with Crippen molar-refractivity contribution in [3.8, 4) is 17.4 Å². The molecule has 31 heavy (non-hydrogen) atoms. The summed E-state index contributed by atoms with van der Waals surface area (Å²) in [5.74, 6) is -1.15. The quantitative estimate of drug-likeness (QED) is 0.270. The van der Waals surface area contributed by atoms with Crippen molar-refractivity contribution in [3.05, 3.63) is 57.1 Å². The van der Waals surface area contributed by atoms with Crippen LogP contribution in [0.3, 0.4) is 0 Å². The molecule has 0 atom stereocenters. The van der Waals surface area contributed by atoms with Gasteiger partial charge in [0.25, 0.3) is 17.0 Å². The van der Waals surface area contributed by atoms with E-state index in [1.807, 2.05) is 0 Å². The molecule has 11 nitrogen and oxygen atoms in total. The molecule has 2 amide bonds. The Morgan fingerprint density at radius 1 is 1.26 bits per heavy atom. The molecule has 0 N–H and O–H groups in total. The summed E-state index contributed by atoms with van der Waals surface area (Å²) in [4.78, 5) is 51.1. The van der Waals surface area contributed by atoms with Crippen LogP contribution in [0.15, 0.2) is 41.4 Å². The number of hydrogen-bond acceptors (Lipinski definition) is 10. The lowest BCUT2D eigenvalue weighted by Gasteiger charge is -2.11. The third kappa shape index (κ3) is 4.80. The number of amides is 2. The monoisotopic (exact) mass is 445 g/mol. The molecule has 1 saturated heterocycles. The van der Waals surface area contributed by atoms with Gasteiger partial charge in [-0.15, -0.1) is 0 Å². The maximum atomic E-state index is 12.4. The minimum atomic E-state index is -0.713. The summed E-state index contributed by atoms with van der Waals surface area (Å²) >= 11 is 0.688. The van der Waals surface area contributed by atoms with Crippen molar-refractivity contribution in [1.82, 2.24) is 9.88 Å². The van der Waals surface area contributed by atoms with Gasteiger partial charge in [-0.1, -0.05) is 6.07 Å². The van der Waals surface area contributed by atoms with E-state index in [-0.39, 0.29) is 28.0 Å². The van der Waals surface area contributed by atoms with Gasteiger partial charge in [0, 0.05) is 12.3 Å². The Labute approximate surface area is 179 Å². The highest BCUT2D eigenvalue weighted by atomic mass is 32.2. The van der Waals surface area contributed by atoms with E-state index in [4.69, 9.17) is 9.47 Å². The van der Waals surface area contributed by atoms with Crippen molar-refractivity contribution in [2.45, 2.75) is 0 Å². The fraction of sp³-hybridized carbons (Fsp3) is 0.158. The van der Waals surface area contributed by atoms with Crippen molar-refractivity contribution in [3.63, 3.8) is 0 Å². The Morgan fingerprint density at radius 3 is 2.71 bits per heavy atom. The van der Waals surface area contributed by atoms with E-state index in [9.17, 15) is 24.5 Å². The zero-order valence-corrected chi connectivity index (χ0v) is 17.1. The molecule has 2 aromatic rings. The fourth-order valence-electron chi connectivity index (χ4n) is 2.54. The molecule has 0 saturated carbocycles. The highest BCUT2D eigenvalue weighted by molar-refractivity contribution is 8.18. The summed E-state index contributed by atoms with van der Waals surface area (Å²) < 4.78 is 15.3. The third-order valence-corrected chi connectivity index (χ3v) is 4.94. The number of nitro groups is 1. The first-order valence-electron chi connectivity index (χ1n) is 8.61. The van der Waals surface area contributed by atoms with Crippen LogP contribution in [0.5, 0.6) is 17.4 Å².